The number of hydrogen-bond acceptors (Lipinski definition) is 4. The van der Waals surface area contributed by atoms with E-state index >= 15 is 0 Å². The van der Waals surface area contributed by atoms with Crippen molar-refractivity contribution in [1.29, 1.82) is 0 Å². The fraction of sp³-hybridized carbons (Fsp3) is 0.0667. The van der Waals surface area contributed by atoms with Crippen LogP contribution in [0.1, 0.15) is 17.3 Å². The van der Waals surface area contributed by atoms with Gasteiger partial charge in [-0.2, -0.15) is 0 Å². The van der Waals surface area contributed by atoms with Gasteiger partial charge in [-0.3, -0.25) is 19.5 Å². The smallest absolute Gasteiger partial charge is 0.271 e. The summed E-state index contributed by atoms with van der Waals surface area (Å²) in [4.78, 5) is 26.3. The Morgan fingerprint density at radius 3 is 2.71 bits per heavy atom. The third kappa shape index (κ3) is 2.16. The molecular formula is C15H11N3O3. The predicted molar refractivity (Wildman–Crippen MR) is 77.7 cm³/mol. The number of rotatable bonds is 3. The van der Waals surface area contributed by atoms with Gasteiger partial charge in [0.2, 0.25) is 0 Å². The van der Waals surface area contributed by atoms with Crippen LogP contribution in [0, 0.1) is 10.1 Å². The van der Waals surface area contributed by atoms with Crippen LogP contribution in [0.2, 0.25) is 0 Å². The van der Waals surface area contributed by atoms with Crippen molar-refractivity contribution in [3.8, 4) is 5.69 Å². The first kappa shape index (κ1) is 13.0. The molecule has 0 saturated heterocycles. The van der Waals surface area contributed by atoms with E-state index in [2.05, 4.69) is 4.98 Å². The normalized spacial score (nSPS) is 10.7. The van der Waals surface area contributed by atoms with Crippen molar-refractivity contribution in [1.82, 2.24) is 9.55 Å². The summed E-state index contributed by atoms with van der Waals surface area (Å²) >= 11 is 0. The number of carbonyl (C=O) groups is 1. The number of imidazole rings is 1. The van der Waals surface area contributed by atoms with E-state index in [4.69, 9.17) is 0 Å². The minimum atomic E-state index is -0.441. The molecule has 0 aliphatic heterocycles. The first-order valence-corrected chi connectivity index (χ1v) is 6.30. The Morgan fingerprint density at radius 1 is 1.24 bits per heavy atom. The van der Waals surface area contributed by atoms with Crippen LogP contribution in [0.5, 0.6) is 0 Å². The van der Waals surface area contributed by atoms with Crippen LogP contribution in [-0.4, -0.2) is 20.3 Å². The van der Waals surface area contributed by atoms with E-state index in [1.54, 1.807) is 35.2 Å². The summed E-state index contributed by atoms with van der Waals surface area (Å²) in [6, 6.07) is 11.6. The first-order valence-electron chi connectivity index (χ1n) is 6.30. The van der Waals surface area contributed by atoms with Gasteiger partial charge in [0.15, 0.2) is 5.78 Å². The van der Waals surface area contributed by atoms with E-state index in [0.29, 0.717) is 16.8 Å². The number of benzene rings is 2. The van der Waals surface area contributed by atoms with E-state index in [1.807, 2.05) is 6.07 Å². The van der Waals surface area contributed by atoms with Crippen molar-refractivity contribution in [3.05, 3.63) is 64.5 Å². The molecule has 0 radical (unpaired) electrons. The quantitative estimate of drug-likeness (QED) is 0.419. The molecule has 2 aromatic carbocycles. The van der Waals surface area contributed by atoms with Crippen molar-refractivity contribution in [2.45, 2.75) is 6.92 Å². The van der Waals surface area contributed by atoms with Gasteiger partial charge < -0.3 is 0 Å². The Labute approximate surface area is 119 Å². The molecule has 1 aromatic heterocycles. The van der Waals surface area contributed by atoms with Crippen molar-refractivity contribution >= 4 is 22.5 Å². The number of hydrogen-bond donors (Lipinski definition) is 0. The largest absolute Gasteiger partial charge is 0.299 e. The lowest BCUT2D eigenvalue weighted by atomic mass is 10.1. The molecule has 1 heterocycles. The molecule has 21 heavy (non-hydrogen) atoms. The van der Waals surface area contributed by atoms with Crippen molar-refractivity contribution in [3.63, 3.8) is 0 Å². The third-order valence-corrected chi connectivity index (χ3v) is 3.27. The zero-order chi connectivity index (χ0) is 15.0. The number of nitro groups is 1. The molecule has 3 rings (SSSR count). The molecule has 0 N–H and O–H groups in total. The molecule has 0 amide bonds. The van der Waals surface area contributed by atoms with E-state index in [1.165, 1.54) is 19.1 Å². The maximum Gasteiger partial charge on any atom is 0.271 e. The maximum absolute atomic E-state index is 11.6. The molecular weight excluding hydrogens is 270 g/mol. The summed E-state index contributed by atoms with van der Waals surface area (Å²) in [6.07, 6.45) is 1.57. The molecule has 104 valence electrons. The zero-order valence-electron chi connectivity index (χ0n) is 11.2. The van der Waals surface area contributed by atoms with Gasteiger partial charge in [-0.15, -0.1) is 0 Å². The van der Waals surface area contributed by atoms with Gasteiger partial charge in [0, 0.05) is 17.7 Å². The number of nitro benzene ring substituents is 1. The first-order chi connectivity index (χ1) is 10.1. The summed E-state index contributed by atoms with van der Waals surface area (Å²) in [5, 5.41) is 10.9. The van der Waals surface area contributed by atoms with Gasteiger partial charge in [0.25, 0.3) is 5.69 Å². The Bertz CT molecular complexity index is 867. The number of para-hydroxylation sites is 1. The standard InChI is InChI=1S/C15H11N3O3/c1-10(19)13-6-3-7-14-15(13)16-9-17(14)11-4-2-5-12(8-11)18(20)21/h2-9H,1H3. The maximum atomic E-state index is 11.6. The topological polar surface area (TPSA) is 78.0 Å². The highest BCUT2D eigenvalue weighted by Crippen LogP contribution is 2.23. The molecule has 0 aliphatic carbocycles. The number of fused-ring (bicyclic) bond motifs is 1. The second-order valence-electron chi connectivity index (χ2n) is 4.62. The lowest BCUT2D eigenvalue weighted by Gasteiger charge is -2.04. The second kappa shape index (κ2) is 4.82. The SMILES string of the molecule is CC(=O)c1cccc2c1ncn2-c1cccc([N+](=O)[O-])c1. The molecule has 0 unspecified atom stereocenters. The zero-order valence-corrected chi connectivity index (χ0v) is 11.2. The van der Waals surface area contributed by atoms with E-state index < -0.39 is 4.92 Å². The van der Waals surface area contributed by atoms with E-state index in [9.17, 15) is 14.9 Å². The highest BCUT2D eigenvalue weighted by molar-refractivity contribution is 6.05. The van der Waals surface area contributed by atoms with Gasteiger partial charge in [-0.05, 0) is 25.1 Å². The van der Waals surface area contributed by atoms with E-state index in [-0.39, 0.29) is 11.5 Å². The lowest BCUT2D eigenvalue weighted by Crippen LogP contribution is -1.96. The van der Waals surface area contributed by atoms with Gasteiger partial charge >= 0.3 is 0 Å². The minimum absolute atomic E-state index is 0.0112. The Balaban J connectivity index is 2.22. The average molecular weight is 281 g/mol. The van der Waals surface area contributed by atoms with Crippen LogP contribution >= 0.6 is 0 Å². The Hall–Kier alpha value is -3.02. The highest BCUT2D eigenvalue weighted by atomic mass is 16.6. The summed E-state index contributed by atoms with van der Waals surface area (Å²) in [5.74, 6) is -0.0649. The van der Waals surface area contributed by atoms with Crippen LogP contribution in [0.25, 0.3) is 16.7 Å². The lowest BCUT2D eigenvalue weighted by molar-refractivity contribution is -0.384. The highest BCUT2D eigenvalue weighted by Gasteiger charge is 2.13. The molecule has 6 heteroatoms. The van der Waals surface area contributed by atoms with Crippen molar-refractivity contribution in [2.75, 3.05) is 0 Å². The Kier molecular flexibility index (Phi) is 2.98. The number of carbonyl (C=O) groups excluding carboxylic acids is 1. The van der Waals surface area contributed by atoms with Crippen LogP contribution in [-0.2, 0) is 0 Å². The van der Waals surface area contributed by atoms with Crippen LogP contribution < -0.4 is 0 Å². The second-order valence-corrected chi connectivity index (χ2v) is 4.62. The van der Waals surface area contributed by atoms with Crippen LogP contribution in [0.3, 0.4) is 0 Å². The molecule has 6 nitrogen and oxygen atoms in total. The van der Waals surface area contributed by atoms with Crippen molar-refractivity contribution in [2.24, 2.45) is 0 Å². The summed E-state index contributed by atoms with van der Waals surface area (Å²) in [6.45, 7) is 1.49. The number of non-ortho nitro benzene ring substituents is 1. The molecule has 3 aromatic rings. The third-order valence-electron chi connectivity index (χ3n) is 3.27. The van der Waals surface area contributed by atoms with Gasteiger partial charge in [0.05, 0.1) is 21.6 Å². The fourth-order valence-electron chi connectivity index (χ4n) is 2.29. The molecule has 0 fully saturated rings. The van der Waals surface area contributed by atoms with E-state index in [0.717, 1.165) is 5.52 Å². The molecule has 0 atom stereocenters. The van der Waals surface area contributed by atoms with Gasteiger partial charge in [-0.1, -0.05) is 12.1 Å². The van der Waals surface area contributed by atoms with Crippen LogP contribution in [0.15, 0.2) is 48.8 Å². The summed E-state index contributed by atoms with van der Waals surface area (Å²) < 4.78 is 1.73. The summed E-state index contributed by atoms with van der Waals surface area (Å²) in [5.41, 5.74) is 2.51. The Morgan fingerprint density at radius 2 is 2.00 bits per heavy atom. The molecule has 0 aliphatic rings. The fourth-order valence-corrected chi connectivity index (χ4v) is 2.29. The number of ketones is 1. The van der Waals surface area contributed by atoms with Gasteiger partial charge in [-0.25, -0.2) is 4.98 Å². The van der Waals surface area contributed by atoms with Gasteiger partial charge in [0.1, 0.15) is 6.33 Å². The molecule has 0 saturated carbocycles. The predicted octanol–water partition coefficient (Wildman–Crippen LogP) is 3.14. The van der Waals surface area contributed by atoms with Crippen LogP contribution in [0.4, 0.5) is 5.69 Å². The molecule has 0 spiro atoms. The number of aromatic nitrogens is 2. The molecule has 0 bridgehead atoms. The average Bonchev–Trinajstić information content (AvgIpc) is 2.91. The summed E-state index contributed by atoms with van der Waals surface area (Å²) in [7, 11) is 0. The van der Waals surface area contributed by atoms with Crippen molar-refractivity contribution < 1.29 is 9.72 Å². The number of Topliss-reactive ketones (excluding diaryl/α,β-unsaturated/α-hetero) is 1. The minimum Gasteiger partial charge on any atom is -0.299 e. The number of nitrogens with zero attached hydrogens (tertiary/aromatic N) is 3. The monoisotopic (exact) mass is 281 g/mol.